The molecule has 3 heterocycles. The maximum Gasteiger partial charge on any atom is 0.214 e. The lowest BCUT2D eigenvalue weighted by Gasteiger charge is -2.36. The number of hydrogen-bond acceptors (Lipinski definition) is 6. The van der Waals surface area contributed by atoms with Crippen molar-refractivity contribution in [3.8, 4) is 28.4 Å². The lowest BCUT2D eigenvalue weighted by atomic mass is 9.77. The minimum Gasteiger partial charge on any atom is -0.478 e. The van der Waals surface area contributed by atoms with Gasteiger partial charge in [0, 0.05) is 18.1 Å². The molecule has 0 bridgehead atoms. The van der Waals surface area contributed by atoms with E-state index in [0.29, 0.717) is 19.0 Å². The number of fused-ring (bicyclic) bond motifs is 1. The Morgan fingerprint density at radius 1 is 0.660 bits per heavy atom. The zero-order valence-corrected chi connectivity index (χ0v) is 28.0. The van der Waals surface area contributed by atoms with Crippen LogP contribution in [0.1, 0.15) is 41.9 Å². The Hall–Kier alpha value is -6.35. The highest BCUT2D eigenvalue weighted by Gasteiger charge is 2.42. The van der Waals surface area contributed by atoms with Crippen molar-refractivity contribution in [1.29, 1.82) is 0 Å². The minimum atomic E-state index is -0.848. The number of rotatable bonds is 11. The molecule has 5 aromatic carbocycles. The Bertz CT molecular complexity index is 2250. The minimum absolute atomic E-state index is 0.559. The SMILES string of the molecule is CCOc1cc2nc(CC)nn2n1Cc1ccc(-c2ccccc2-c2nnnn2C(c2ccccc2)(c2ccccc2)c2ccccc2)cc1. The molecular formula is C41H36N8O. The Morgan fingerprint density at radius 3 is 1.82 bits per heavy atom. The third-order valence-corrected chi connectivity index (χ3v) is 9.13. The fraction of sp³-hybridized carbons (Fsp3) is 0.146. The van der Waals surface area contributed by atoms with Crippen molar-refractivity contribution in [3.05, 3.63) is 174 Å². The standard InChI is InChI=1S/C41H36N8O/c1-3-37-42-38-28-39(50-4-2)47(49(38)44-37)29-30-24-26-31(27-25-30)35-22-14-15-23-36(35)40-43-45-46-48(40)41(32-16-8-5-9-17-32,33-18-10-6-11-19-33)34-20-12-7-13-21-34/h5-28H,3-4,29H2,1-2H3. The second-order valence-electron chi connectivity index (χ2n) is 12.1. The highest BCUT2D eigenvalue weighted by Crippen LogP contribution is 2.43. The first-order valence-electron chi connectivity index (χ1n) is 16.9. The quantitative estimate of drug-likeness (QED) is 0.133. The van der Waals surface area contributed by atoms with Gasteiger partial charge in [0.15, 0.2) is 17.3 Å². The zero-order valence-electron chi connectivity index (χ0n) is 28.0. The summed E-state index contributed by atoms with van der Waals surface area (Å²) in [4.78, 5) is 4.64. The first kappa shape index (κ1) is 31.0. The molecule has 9 nitrogen and oxygen atoms in total. The number of ether oxygens (including phenoxy) is 1. The van der Waals surface area contributed by atoms with Crippen LogP contribution in [0.4, 0.5) is 0 Å². The van der Waals surface area contributed by atoms with E-state index < -0.39 is 5.54 Å². The first-order valence-corrected chi connectivity index (χ1v) is 16.9. The molecule has 246 valence electrons. The molecule has 50 heavy (non-hydrogen) atoms. The molecule has 0 fully saturated rings. The van der Waals surface area contributed by atoms with Crippen LogP contribution in [0.15, 0.2) is 146 Å². The van der Waals surface area contributed by atoms with Gasteiger partial charge in [-0.05, 0) is 50.7 Å². The van der Waals surface area contributed by atoms with Gasteiger partial charge >= 0.3 is 0 Å². The van der Waals surface area contributed by atoms with E-state index in [4.69, 9.17) is 20.1 Å². The number of nitrogens with zero attached hydrogens (tertiary/aromatic N) is 8. The van der Waals surface area contributed by atoms with E-state index in [1.807, 2.05) is 51.2 Å². The number of hydrogen-bond donors (Lipinski definition) is 0. The Kier molecular flexibility index (Phi) is 8.22. The van der Waals surface area contributed by atoms with Gasteiger partial charge in [0.2, 0.25) is 5.88 Å². The zero-order chi connectivity index (χ0) is 33.9. The Morgan fingerprint density at radius 2 is 1.24 bits per heavy atom. The van der Waals surface area contributed by atoms with Crippen LogP contribution in [-0.4, -0.2) is 46.2 Å². The molecule has 9 heteroatoms. The van der Waals surface area contributed by atoms with Gasteiger partial charge in [0.05, 0.1) is 13.2 Å². The average molecular weight is 657 g/mol. The first-order chi connectivity index (χ1) is 24.7. The lowest BCUT2D eigenvalue weighted by molar-refractivity contribution is 0.298. The molecule has 3 aromatic heterocycles. The molecule has 0 atom stereocenters. The van der Waals surface area contributed by atoms with Gasteiger partial charge < -0.3 is 4.74 Å². The van der Waals surface area contributed by atoms with Crippen molar-refractivity contribution in [2.45, 2.75) is 32.4 Å². The summed E-state index contributed by atoms with van der Waals surface area (Å²) in [6.07, 6.45) is 0.770. The van der Waals surface area contributed by atoms with Crippen LogP contribution >= 0.6 is 0 Å². The van der Waals surface area contributed by atoms with E-state index in [2.05, 4.69) is 132 Å². The smallest absolute Gasteiger partial charge is 0.214 e. The molecule has 0 amide bonds. The second kappa shape index (κ2) is 13.3. The summed E-state index contributed by atoms with van der Waals surface area (Å²) >= 11 is 0. The molecule has 8 rings (SSSR count). The summed E-state index contributed by atoms with van der Waals surface area (Å²) in [5.41, 5.74) is 7.22. The van der Waals surface area contributed by atoms with Gasteiger partial charge in [-0.15, -0.1) is 14.8 Å². The molecule has 0 aliphatic heterocycles. The van der Waals surface area contributed by atoms with Crippen molar-refractivity contribution in [1.82, 2.24) is 39.6 Å². The molecule has 0 aliphatic carbocycles. The molecule has 0 saturated carbocycles. The maximum absolute atomic E-state index is 5.95. The van der Waals surface area contributed by atoms with E-state index in [9.17, 15) is 0 Å². The summed E-state index contributed by atoms with van der Waals surface area (Å²) in [6, 6.07) is 50.3. The predicted octanol–water partition coefficient (Wildman–Crippen LogP) is 7.70. The van der Waals surface area contributed by atoms with Crippen LogP contribution in [0, 0.1) is 0 Å². The van der Waals surface area contributed by atoms with E-state index in [1.165, 1.54) is 0 Å². The van der Waals surface area contributed by atoms with Gasteiger partial charge in [0.25, 0.3) is 0 Å². The Labute approximate surface area is 290 Å². The summed E-state index contributed by atoms with van der Waals surface area (Å²) in [7, 11) is 0. The monoisotopic (exact) mass is 656 g/mol. The molecular weight excluding hydrogens is 621 g/mol. The van der Waals surface area contributed by atoms with Crippen LogP contribution in [-0.2, 0) is 18.5 Å². The Balaban J connectivity index is 1.23. The third-order valence-electron chi connectivity index (χ3n) is 9.13. The third kappa shape index (κ3) is 5.33. The fourth-order valence-corrected chi connectivity index (χ4v) is 6.84. The van der Waals surface area contributed by atoms with E-state index in [1.54, 1.807) is 0 Å². The van der Waals surface area contributed by atoms with E-state index in [-0.39, 0.29) is 0 Å². The van der Waals surface area contributed by atoms with Crippen molar-refractivity contribution >= 4 is 5.65 Å². The molecule has 0 N–H and O–H groups in total. The van der Waals surface area contributed by atoms with Crippen molar-refractivity contribution in [2.75, 3.05) is 6.61 Å². The van der Waals surface area contributed by atoms with Gasteiger partial charge in [-0.1, -0.05) is 146 Å². The average Bonchev–Trinajstić information content (AvgIpc) is 3.90. The van der Waals surface area contributed by atoms with E-state index >= 15 is 0 Å². The lowest BCUT2D eigenvalue weighted by Crippen LogP contribution is -2.39. The summed E-state index contributed by atoms with van der Waals surface area (Å²) in [5.74, 6) is 2.21. The number of aromatic nitrogens is 8. The van der Waals surface area contributed by atoms with Crippen molar-refractivity contribution < 1.29 is 4.74 Å². The van der Waals surface area contributed by atoms with Gasteiger partial charge in [-0.2, -0.15) is 0 Å². The molecule has 0 saturated heterocycles. The van der Waals surface area contributed by atoms with Crippen molar-refractivity contribution in [2.24, 2.45) is 0 Å². The molecule has 0 aliphatic rings. The van der Waals surface area contributed by atoms with E-state index in [0.717, 1.165) is 62.7 Å². The predicted molar refractivity (Wildman–Crippen MR) is 194 cm³/mol. The number of aryl methyl sites for hydroxylation is 1. The fourth-order valence-electron chi connectivity index (χ4n) is 6.84. The van der Waals surface area contributed by atoms with Gasteiger partial charge in [0.1, 0.15) is 5.54 Å². The number of benzene rings is 5. The molecule has 0 spiro atoms. The normalized spacial score (nSPS) is 11.6. The highest BCUT2D eigenvalue weighted by atomic mass is 16.5. The second-order valence-corrected chi connectivity index (χ2v) is 12.1. The summed E-state index contributed by atoms with van der Waals surface area (Å²) in [6.45, 7) is 5.18. The van der Waals surface area contributed by atoms with Crippen LogP contribution in [0.25, 0.3) is 28.2 Å². The van der Waals surface area contributed by atoms with Gasteiger partial charge in [-0.3, -0.25) is 0 Å². The van der Waals surface area contributed by atoms with Crippen LogP contribution < -0.4 is 4.74 Å². The summed E-state index contributed by atoms with van der Waals surface area (Å²) < 4.78 is 11.8. The maximum atomic E-state index is 5.95. The molecule has 0 radical (unpaired) electrons. The van der Waals surface area contributed by atoms with Crippen LogP contribution in [0.5, 0.6) is 5.88 Å². The largest absolute Gasteiger partial charge is 0.478 e. The van der Waals surface area contributed by atoms with Crippen molar-refractivity contribution in [3.63, 3.8) is 0 Å². The highest BCUT2D eigenvalue weighted by molar-refractivity contribution is 5.81. The molecule has 8 aromatic rings. The number of tetrazole rings is 1. The van der Waals surface area contributed by atoms with Crippen LogP contribution in [0.2, 0.25) is 0 Å². The topological polar surface area (TPSA) is 87.9 Å². The molecule has 0 unspecified atom stereocenters. The summed E-state index contributed by atoms with van der Waals surface area (Å²) in [5, 5.41) is 18.5. The van der Waals surface area contributed by atoms with Gasteiger partial charge in [-0.25, -0.2) is 14.3 Å². The van der Waals surface area contributed by atoms with Crippen LogP contribution in [0.3, 0.4) is 0 Å².